The van der Waals surface area contributed by atoms with Crippen molar-refractivity contribution in [2.45, 2.75) is 13.3 Å². The fourth-order valence-electron chi connectivity index (χ4n) is 1.63. The van der Waals surface area contributed by atoms with Crippen molar-refractivity contribution in [2.75, 3.05) is 4.90 Å². The fourth-order valence-corrected chi connectivity index (χ4v) is 1.63. The van der Waals surface area contributed by atoms with Crippen LogP contribution in [0.2, 0.25) is 0 Å². The Kier molecular flexibility index (Phi) is 3.05. The first-order chi connectivity index (χ1) is 8.78. The van der Waals surface area contributed by atoms with Gasteiger partial charge in [0.2, 0.25) is 0 Å². The Morgan fingerprint density at radius 2 is 1.68 bits per heavy atom. The van der Waals surface area contributed by atoms with Crippen LogP contribution in [0, 0.1) is 0 Å². The van der Waals surface area contributed by atoms with Crippen LogP contribution in [-0.4, -0.2) is 18.2 Å². The molecule has 0 atom stereocenters. The van der Waals surface area contributed by atoms with E-state index in [4.69, 9.17) is 0 Å². The number of hydrogen-bond acceptors (Lipinski definition) is 3. The summed E-state index contributed by atoms with van der Waals surface area (Å²) in [6.45, 7) is 1.49. The minimum atomic E-state index is -4.78. The third-order valence-corrected chi connectivity index (χ3v) is 2.43. The van der Waals surface area contributed by atoms with Crippen LogP contribution in [0.3, 0.4) is 0 Å². The summed E-state index contributed by atoms with van der Waals surface area (Å²) in [6.07, 6.45) is -3.61. The number of hydrogen-bond donors (Lipinski definition) is 0. The van der Waals surface area contributed by atoms with Gasteiger partial charge in [-0.1, -0.05) is 0 Å². The second-order valence-electron chi connectivity index (χ2n) is 3.85. The Morgan fingerprint density at radius 3 is 2.11 bits per heavy atom. The molecule has 1 aromatic rings. The molecule has 0 fully saturated rings. The van der Waals surface area contributed by atoms with Crippen molar-refractivity contribution in [2.24, 2.45) is 0 Å². The van der Waals surface area contributed by atoms with Gasteiger partial charge in [-0.2, -0.15) is 0 Å². The van der Waals surface area contributed by atoms with Gasteiger partial charge in [0.25, 0.3) is 11.8 Å². The van der Waals surface area contributed by atoms with E-state index < -0.39 is 23.9 Å². The van der Waals surface area contributed by atoms with Crippen molar-refractivity contribution >= 4 is 17.5 Å². The molecule has 0 spiro atoms. The number of imide groups is 1. The largest absolute Gasteiger partial charge is 0.573 e. The summed E-state index contributed by atoms with van der Waals surface area (Å²) in [5.41, 5.74) is 0.471. The lowest BCUT2D eigenvalue weighted by Crippen LogP contribution is -2.30. The lowest BCUT2D eigenvalue weighted by Gasteiger charge is -2.15. The van der Waals surface area contributed by atoms with Crippen LogP contribution >= 0.6 is 0 Å². The number of halogens is 3. The molecule has 2 rings (SSSR count). The Bertz CT molecular complexity index is 561. The molecule has 1 heterocycles. The predicted molar refractivity (Wildman–Crippen MR) is 59.4 cm³/mol. The first kappa shape index (κ1) is 13.1. The maximum absolute atomic E-state index is 12.0. The maximum atomic E-state index is 12.0. The molecule has 0 aliphatic carbocycles. The average molecular weight is 271 g/mol. The standard InChI is InChI=1S/C12H8F3NO3/c1-7-6-10(17)16(11(7)18)8-2-4-9(5-3-8)19-12(13,14)15/h2-6H,1H3. The van der Waals surface area contributed by atoms with Crippen LogP contribution in [0.4, 0.5) is 18.9 Å². The number of carbonyl (C=O) groups is 2. The molecular weight excluding hydrogens is 263 g/mol. The first-order valence-electron chi connectivity index (χ1n) is 5.20. The molecule has 100 valence electrons. The van der Waals surface area contributed by atoms with E-state index in [9.17, 15) is 22.8 Å². The van der Waals surface area contributed by atoms with Crippen molar-refractivity contribution in [1.82, 2.24) is 0 Å². The maximum Gasteiger partial charge on any atom is 0.573 e. The second-order valence-corrected chi connectivity index (χ2v) is 3.85. The summed E-state index contributed by atoms with van der Waals surface area (Å²) < 4.78 is 39.6. The van der Waals surface area contributed by atoms with Crippen LogP contribution in [0.25, 0.3) is 0 Å². The van der Waals surface area contributed by atoms with Gasteiger partial charge in [0.05, 0.1) is 5.69 Å². The average Bonchev–Trinajstić information content (AvgIpc) is 2.53. The highest BCUT2D eigenvalue weighted by Gasteiger charge is 2.32. The Hall–Kier alpha value is -2.31. The van der Waals surface area contributed by atoms with Crippen molar-refractivity contribution in [1.29, 1.82) is 0 Å². The lowest BCUT2D eigenvalue weighted by atomic mass is 10.2. The van der Waals surface area contributed by atoms with E-state index in [0.717, 1.165) is 17.0 Å². The summed E-state index contributed by atoms with van der Waals surface area (Å²) in [7, 11) is 0. The number of benzene rings is 1. The van der Waals surface area contributed by atoms with Gasteiger partial charge in [-0.05, 0) is 31.2 Å². The van der Waals surface area contributed by atoms with E-state index in [2.05, 4.69) is 4.74 Å². The molecule has 0 unspecified atom stereocenters. The highest BCUT2D eigenvalue weighted by molar-refractivity contribution is 6.30. The normalized spacial score (nSPS) is 15.8. The third-order valence-electron chi connectivity index (χ3n) is 2.43. The predicted octanol–water partition coefficient (Wildman–Crippen LogP) is 2.40. The van der Waals surface area contributed by atoms with E-state index in [1.807, 2.05) is 0 Å². The van der Waals surface area contributed by atoms with E-state index >= 15 is 0 Å². The molecule has 19 heavy (non-hydrogen) atoms. The molecule has 0 radical (unpaired) electrons. The molecule has 0 bridgehead atoms. The van der Waals surface area contributed by atoms with Crippen LogP contribution < -0.4 is 9.64 Å². The van der Waals surface area contributed by atoms with Crippen molar-refractivity contribution in [3.8, 4) is 5.75 Å². The number of carbonyl (C=O) groups excluding carboxylic acids is 2. The van der Waals surface area contributed by atoms with Crippen molar-refractivity contribution in [3.05, 3.63) is 35.9 Å². The topological polar surface area (TPSA) is 46.6 Å². The summed E-state index contributed by atoms with van der Waals surface area (Å²) in [6, 6.07) is 4.50. The monoisotopic (exact) mass is 271 g/mol. The lowest BCUT2D eigenvalue weighted by molar-refractivity contribution is -0.274. The van der Waals surface area contributed by atoms with Crippen LogP contribution in [-0.2, 0) is 9.59 Å². The number of ether oxygens (including phenoxy) is 1. The number of anilines is 1. The summed E-state index contributed by atoms with van der Waals surface area (Å²) in [5.74, 6) is -1.43. The molecule has 0 saturated carbocycles. The zero-order chi connectivity index (χ0) is 14.2. The first-order valence-corrected chi connectivity index (χ1v) is 5.20. The van der Waals surface area contributed by atoms with E-state index in [-0.39, 0.29) is 11.3 Å². The Morgan fingerprint density at radius 1 is 1.11 bits per heavy atom. The molecule has 0 saturated heterocycles. The second kappa shape index (κ2) is 4.42. The number of amides is 2. The van der Waals surface area contributed by atoms with Gasteiger partial charge < -0.3 is 4.74 Å². The van der Waals surface area contributed by atoms with E-state index in [1.54, 1.807) is 0 Å². The van der Waals surface area contributed by atoms with Gasteiger partial charge in [-0.3, -0.25) is 9.59 Å². The summed E-state index contributed by atoms with van der Waals surface area (Å²) in [4.78, 5) is 24.1. The molecule has 0 N–H and O–H groups in total. The smallest absolute Gasteiger partial charge is 0.406 e. The molecule has 4 nitrogen and oxygen atoms in total. The zero-order valence-corrected chi connectivity index (χ0v) is 9.69. The van der Waals surface area contributed by atoms with Crippen LogP contribution in [0.1, 0.15) is 6.92 Å². The third kappa shape index (κ3) is 2.75. The summed E-state index contributed by atoms with van der Waals surface area (Å²) >= 11 is 0. The molecule has 7 heteroatoms. The molecule has 2 amide bonds. The quantitative estimate of drug-likeness (QED) is 0.776. The van der Waals surface area contributed by atoms with Crippen molar-refractivity contribution in [3.63, 3.8) is 0 Å². The van der Waals surface area contributed by atoms with E-state index in [0.29, 0.717) is 0 Å². The minimum absolute atomic E-state index is 0.192. The molecular formula is C12H8F3NO3. The van der Waals surface area contributed by atoms with Gasteiger partial charge in [0, 0.05) is 11.6 Å². The Labute approximate surface area is 106 Å². The Balaban J connectivity index is 2.20. The number of nitrogens with zero attached hydrogens (tertiary/aromatic N) is 1. The van der Waals surface area contributed by atoms with Gasteiger partial charge in [-0.15, -0.1) is 13.2 Å². The highest BCUT2D eigenvalue weighted by atomic mass is 19.4. The molecule has 1 aromatic carbocycles. The van der Waals surface area contributed by atoms with Gasteiger partial charge in [0.15, 0.2) is 0 Å². The van der Waals surface area contributed by atoms with Gasteiger partial charge in [0.1, 0.15) is 5.75 Å². The van der Waals surface area contributed by atoms with Gasteiger partial charge >= 0.3 is 6.36 Å². The SMILES string of the molecule is CC1=CC(=O)N(c2ccc(OC(F)(F)F)cc2)C1=O. The molecule has 1 aliphatic rings. The number of alkyl halides is 3. The van der Waals surface area contributed by atoms with Crippen LogP contribution in [0.15, 0.2) is 35.9 Å². The highest BCUT2D eigenvalue weighted by Crippen LogP contribution is 2.27. The van der Waals surface area contributed by atoms with Crippen molar-refractivity contribution < 1.29 is 27.5 Å². The van der Waals surface area contributed by atoms with E-state index in [1.165, 1.54) is 25.1 Å². The summed E-state index contributed by atoms with van der Waals surface area (Å²) in [5, 5.41) is 0. The van der Waals surface area contributed by atoms with Crippen LogP contribution in [0.5, 0.6) is 5.75 Å². The molecule has 0 aromatic heterocycles. The minimum Gasteiger partial charge on any atom is -0.406 e. The molecule has 1 aliphatic heterocycles. The fraction of sp³-hybridized carbons (Fsp3) is 0.167. The zero-order valence-electron chi connectivity index (χ0n) is 9.69. The van der Waals surface area contributed by atoms with Gasteiger partial charge in [-0.25, -0.2) is 4.90 Å². The number of rotatable bonds is 2.